The summed E-state index contributed by atoms with van der Waals surface area (Å²) in [6.45, 7) is 3.53. The first-order chi connectivity index (χ1) is 13.9. The van der Waals surface area contributed by atoms with Crippen LogP contribution >= 0.6 is 0 Å². The van der Waals surface area contributed by atoms with Gasteiger partial charge < -0.3 is 18.9 Å². The van der Waals surface area contributed by atoms with Crippen molar-refractivity contribution in [1.82, 2.24) is 0 Å². The Morgan fingerprint density at radius 2 is 0.893 bits per heavy atom. The topological polar surface area (TPSA) is 36.9 Å². The van der Waals surface area contributed by atoms with E-state index in [4.69, 9.17) is 18.9 Å². The van der Waals surface area contributed by atoms with E-state index in [0.717, 1.165) is 11.5 Å². The van der Waals surface area contributed by atoms with Crippen LogP contribution in [0.1, 0.15) is 87.2 Å². The molecule has 1 aliphatic heterocycles. The summed E-state index contributed by atoms with van der Waals surface area (Å²) in [5, 5.41) is 0. The third-order valence-electron chi connectivity index (χ3n) is 6.58. The molecule has 1 heterocycles. The van der Waals surface area contributed by atoms with E-state index in [2.05, 4.69) is 12.1 Å². The second-order valence-electron chi connectivity index (χ2n) is 8.52. The number of hydrogen-bond acceptors (Lipinski definition) is 4. The highest BCUT2D eigenvalue weighted by Gasteiger charge is 2.26. The number of fused-ring (bicyclic) bond motifs is 1. The van der Waals surface area contributed by atoms with Crippen molar-refractivity contribution in [2.75, 3.05) is 39.6 Å². The van der Waals surface area contributed by atoms with Crippen LogP contribution in [-0.2, 0) is 9.47 Å². The Labute approximate surface area is 169 Å². The van der Waals surface area contributed by atoms with Crippen molar-refractivity contribution in [2.45, 2.75) is 76.0 Å². The molecule has 0 atom stereocenters. The van der Waals surface area contributed by atoms with Crippen molar-refractivity contribution in [1.29, 1.82) is 0 Å². The summed E-state index contributed by atoms with van der Waals surface area (Å²) < 4.78 is 23.5. The fourth-order valence-electron chi connectivity index (χ4n) is 5.09. The van der Waals surface area contributed by atoms with Crippen LogP contribution in [0.3, 0.4) is 0 Å². The summed E-state index contributed by atoms with van der Waals surface area (Å²) >= 11 is 0. The van der Waals surface area contributed by atoms with E-state index in [1.165, 1.54) is 64.2 Å². The zero-order valence-corrected chi connectivity index (χ0v) is 17.3. The van der Waals surface area contributed by atoms with Crippen LogP contribution in [0.5, 0.6) is 11.5 Å². The van der Waals surface area contributed by atoms with E-state index in [9.17, 15) is 0 Å². The maximum absolute atomic E-state index is 6.14. The Morgan fingerprint density at radius 3 is 1.32 bits per heavy atom. The third kappa shape index (κ3) is 5.21. The summed E-state index contributed by atoms with van der Waals surface area (Å²) in [4.78, 5) is 0. The standard InChI is InChI=1S/C24H36O4/c1-3-7-19(8-4-1)21-17-23-24(18-22(21)20-9-5-2-6-10-20)28-16-14-26-12-11-25-13-15-27-23/h17-20H,1-16H2. The van der Waals surface area contributed by atoms with Gasteiger partial charge in [0.15, 0.2) is 11.5 Å². The number of hydrogen-bond donors (Lipinski definition) is 0. The lowest BCUT2D eigenvalue weighted by atomic mass is 9.76. The predicted octanol–water partition coefficient (Wildman–Crippen LogP) is 5.59. The molecule has 1 aromatic rings. The van der Waals surface area contributed by atoms with E-state index in [-0.39, 0.29) is 0 Å². The van der Waals surface area contributed by atoms with Crippen LogP contribution in [0.25, 0.3) is 0 Å². The molecule has 28 heavy (non-hydrogen) atoms. The molecule has 0 spiro atoms. The van der Waals surface area contributed by atoms with Gasteiger partial charge in [-0.25, -0.2) is 0 Å². The van der Waals surface area contributed by atoms with Gasteiger partial charge in [0.1, 0.15) is 13.2 Å². The van der Waals surface area contributed by atoms with Gasteiger partial charge in [-0.3, -0.25) is 0 Å². The van der Waals surface area contributed by atoms with Gasteiger partial charge in [0.2, 0.25) is 0 Å². The van der Waals surface area contributed by atoms with E-state index < -0.39 is 0 Å². The second kappa shape index (κ2) is 10.5. The second-order valence-corrected chi connectivity index (χ2v) is 8.52. The maximum Gasteiger partial charge on any atom is 0.161 e. The zero-order chi connectivity index (χ0) is 19.0. The Kier molecular flexibility index (Phi) is 7.51. The van der Waals surface area contributed by atoms with E-state index >= 15 is 0 Å². The molecule has 1 aromatic carbocycles. The van der Waals surface area contributed by atoms with Gasteiger partial charge in [0.05, 0.1) is 26.4 Å². The van der Waals surface area contributed by atoms with Crippen LogP contribution in [-0.4, -0.2) is 39.6 Å². The molecule has 4 rings (SSSR count). The summed E-state index contributed by atoms with van der Waals surface area (Å²) in [7, 11) is 0. The van der Waals surface area contributed by atoms with Crippen molar-refractivity contribution in [2.24, 2.45) is 0 Å². The molecular weight excluding hydrogens is 352 g/mol. The molecule has 0 amide bonds. The van der Waals surface area contributed by atoms with Crippen LogP contribution in [0.4, 0.5) is 0 Å². The SMILES string of the molecule is c1c2c(cc(C3CCCCC3)c1C1CCCCC1)OCCOCCOCCO2. The monoisotopic (exact) mass is 388 g/mol. The molecule has 0 radical (unpaired) electrons. The van der Waals surface area contributed by atoms with Crippen LogP contribution < -0.4 is 9.47 Å². The molecule has 0 unspecified atom stereocenters. The summed E-state index contributed by atoms with van der Waals surface area (Å²) in [5.41, 5.74) is 3.08. The Bertz CT molecular complexity index is 550. The van der Waals surface area contributed by atoms with E-state index in [1.54, 1.807) is 11.1 Å². The fraction of sp³-hybridized carbons (Fsp3) is 0.750. The smallest absolute Gasteiger partial charge is 0.161 e. The van der Waals surface area contributed by atoms with Gasteiger partial charge in [0, 0.05) is 0 Å². The number of benzene rings is 1. The fourth-order valence-corrected chi connectivity index (χ4v) is 5.09. The average molecular weight is 389 g/mol. The molecule has 2 fully saturated rings. The molecule has 0 bridgehead atoms. The quantitative estimate of drug-likeness (QED) is 0.662. The van der Waals surface area contributed by atoms with Crippen LogP contribution in [0.15, 0.2) is 12.1 Å². The molecule has 0 N–H and O–H groups in total. The minimum atomic E-state index is 0.559. The van der Waals surface area contributed by atoms with Gasteiger partial charge in [-0.15, -0.1) is 0 Å². The largest absolute Gasteiger partial charge is 0.487 e. The van der Waals surface area contributed by atoms with Crippen molar-refractivity contribution >= 4 is 0 Å². The maximum atomic E-state index is 6.14. The predicted molar refractivity (Wildman–Crippen MR) is 111 cm³/mol. The lowest BCUT2D eigenvalue weighted by Crippen LogP contribution is -2.17. The van der Waals surface area contributed by atoms with Gasteiger partial charge in [-0.1, -0.05) is 38.5 Å². The lowest BCUT2D eigenvalue weighted by molar-refractivity contribution is 0.0223. The Hall–Kier alpha value is -1.26. The first kappa shape index (κ1) is 20.0. The first-order valence-electron chi connectivity index (χ1n) is 11.5. The first-order valence-corrected chi connectivity index (χ1v) is 11.5. The molecule has 4 heteroatoms. The minimum absolute atomic E-state index is 0.559. The number of rotatable bonds is 2. The highest BCUT2D eigenvalue weighted by Crippen LogP contribution is 2.45. The van der Waals surface area contributed by atoms with Crippen LogP contribution in [0, 0.1) is 0 Å². The van der Waals surface area contributed by atoms with Gasteiger partial charge in [-0.05, 0) is 60.8 Å². The van der Waals surface area contributed by atoms with E-state index in [0.29, 0.717) is 51.5 Å². The third-order valence-corrected chi connectivity index (χ3v) is 6.58. The summed E-state index contributed by atoms with van der Waals surface area (Å²) in [5.74, 6) is 3.15. The summed E-state index contributed by atoms with van der Waals surface area (Å²) in [6, 6.07) is 4.64. The van der Waals surface area contributed by atoms with Gasteiger partial charge in [-0.2, -0.15) is 0 Å². The van der Waals surface area contributed by atoms with Crippen molar-refractivity contribution in [3.8, 4) is 11.5 Å². The minimum Gasteiger partial charge on any atom is -0.487 e. The van der Waals surface area contributed by atoms with Crippen molar-refractivity contribution in [3.05, 3.63) is 23.3 Å². The van der Waals surface area contributed by atoms with Gasteiger partial charge >= 0.3 is 0 Å². The molecule has 0 aromatic heterocycles. The van der Waals surface area contributed by atoms with E-state index in [1.807, 2.05) is 0 Å². The summed E-state index contributed by atoms with van der Waals surface area (Å²) in [6.07, 6.45) is 13.5. The Morgan fingerprint density at radius 1 is 0.500 bits per heavy atom. The number of ether oxygens (including phenoxy) is 4. The van der Waals surface area contributed by atoms with Gasteiger partial charge in [0.25, 0.3) is 0 Å². The molecule has 2 aliphatic carbocycles. The zero-order valence-electron chi connectivity index (χ0n) is 17.3. The van der Waals surface area contributed by atoms with Crippen LogP contribution in [0.2, 0.25) is 0 Å². The molecule has 4 nitrogen and oxygen atoms in total. The average Bonchev–Trinajstić information content (AvgIpc) is 2.75. The lowest BCUT2D eigenvalue weighted by Gasteiger charge is -2.31. The normalized spacial score (nSPS) is 23.6. The highest BCUT2D eigenvalue weighted by atomic mass is 16.6. The van der Waals surface area contributed by atoms with Crippen molar-refractivity contribution in [3.63, 3.8) is 0 Å². The Balaban J connectivity index is 1.64. The molecule has 0 saturated heterocycles. The molecule has 2 saturated carbocycles. The highest BCUT2D eigenvalue weighted by molar-refractivity contribution is 5.50. The molecule has 156 valence electrons. The van der Waals surface area contributed by atoms with Crippen molar-refractivity contribution < 1.29 is 18.9 Å². The molecule has 3 aliphatic rings. The molecular formula is C24H36O4.